The molecule has 118 valence electrons. The molecule has 2 aliphatic rings. The molecule has 2 heterocycles. The SMILES string of the molecule is Nc1ccc2c(-c3nc[nH]c3C(=O)O)c3ccc(=O)cc-3oc2c1. The van der Waals surface area contributed by atoms with E-state index in [1.54, 1.807) is 24.3 Å². The van der Waals surface area contributed by atoms with Crippen molar-refractivity contribution in [2.75, 3.05) is 5.73 Å². The lowest BCUT2D eigenvalue weighted by Crippen LogP contribution is -2.03. The minimum absolute atomic E-state index is 0.0353. The number of carboxylic acid groups (broad SMARTS) is 1. The topological polar surface area (TPSA) is 122 Å². The molecular weight excluding hydrogens is 310 g/mol. The number of aromatic carboxylic acids is 1. The quantitative estimate of drug-likeness (QED) is 0.385. The van der Waals surface area contributed by atoms with Crippen molar-refractivity contribution in [1.29, 1.82) is 0 Å². The van der Waals surface area contributed by atoms with Crippen LogP contribution in [-0.4, -0.2) is 21.0 Å². The predicted octanol–water partition coefficient (Wildman–Crippen LogP) is 2.57. The molecule has 0 spiro atoms. The molecule has 0 atom stereocenters. The Morgan fingerprint density at radius 1 is 1.21 bits per heavy atom. The van der Waals surface area contributed by atoms with E-state index in [4.69, 9.17) is 10.2 Å². The van der Waals surface area contributed by atoms with E-state index in [1.807, 2.05) is 0 Å². The summed E-state index contributed by atoms with van der Waals surface area (Å²) in [5.74, 6) is -0.782. The summed E-state index contributed by atoms with van der Waals surface area (Å²) in [6.45, 7) is 0. The van der Waals surface area contributed by atoms with Gasteiger partial charge in [-0.05, 0) is 24.3 Å². The van der Waals surface area contributed by atoms with Crippen molar-refractivity contribution < 1.29 is 14.3 Å². The first-order valence-corrected chi connectivity index (χ1v) is 7.08. The zero-order valence-corrected chi connectivity index (χ0v) is 12.2. The van der Waals surface area contributed by atoms with Gasteiger partial charge in [-0.1, -0.05) is 0 Å². The third kappa shape index (κ3) is 2.03. The third-order valence-electron chi connectivity index (χ3n) is 3.81. The van der Waals surface area contributed by atoms with Gasteiger partial charge in [-0.25, -0.2) is 9.78 Å². The lowest BCUT2D eigenvalue weighted by Gasteiger charge is -2.14. The molecule has 0 fully saturated rings. The molecule has 4 N–H and O–H groups in total. The first kappa shape index (κ1) is 14.0. The molecule has 0 saturated heterocycles. The van der Waals surface area contributed by atoms with Crippen LogP contribution in [0.5, 0.6) is 0 Å². The Kier molecular flexibility index (Phi) is 2.89. The number of hydrogen-bond donors (Lipinski definition) is 3. The number of benzene rings is 2. The lowest BCUT2D eigenvalue weighted by molar-refractivity contribution is 0.0692. The predicted molar refractivity (Wildman–Crippen MR) is 88.1 cm³/mol. The highest BCUT2D eigenvalue weighted by molar-refractivity contribution is 6.05. The molecule has 0 bridgehead atoms. The second kappa shape index (κ2) is 4.95. The molecule has 0 unspecified atom stereocenters. The van der Waals surface area contributed by atoms with E-state index in [0.29, 0.717) is 33.5 Å². The Balaban J connectivity index is 2.21. The third-order valence-corrected chi connectivity index (χ3v) is 3.81. The number of hydrogen-bond acceptors (Lipinski definition) is 5. The molecule has 1 aliphatic carbocycles. The van der Waals surface area contributed by atoms with Crippen LogP contribution in [0.2, 0.25) is 0 Å². The Morgan fingerprint density at radius 2 is 2.04 bits per heavy atom. The number of aromatic nitrogens is 2. The van der Waals surface area contributed by atoms with E-state index in [0.717, 1.165) is 0 Å². The zero-order chi connectivity index (χ0) is 16.8. The first-order valence-electron chi connectivity index (χ1n) is 7.08. The van der Waals surface area contributed by atoms with Crippen LogP contribution in [-0.2, 0) is 0 Å². The smallest absolute Gasteiger partial charge is 0.354 e. The largest absolute Gasteiger partial charge is 0.477 e. The molecule has 4 rings (SSSR count). The van der Waals surface area contributed by atoms with Gasteiger partial charge < -0.3 is 20.2 Å². The Bertz CT molecular complexity index is 1130. The minimum atomic E-state index is -1.12. The first-order chi connectivity index (χ1) is 11.5. The summed E-state index contributed by atoms with van der Waals surface area (Å²) >= 11 is 0. The van der Waals surface area contributed by atoms with Crippen LogP contribution in [0.4, 0.5) is 5.69 Å². The van der Waals surface area contributed by atoms with Crippen molar-refractivity contribution in [2.45, 2.75) is 0 Å². The van der Waals surface area contributed by atoms with Gasteiger partial charge in [0.15, 0.2) is 11.1 Å². The van der Waals surface area contributed by atoms with Gasteiger partial charge in [0.1, 0.15) is 17.0 Å². The summed E-state index contributed by atoms with van der Waals surface area (Å²) in [5, 5.41) is 10.0. The second-order valence-electron chi connectivity index (χ2n) is 5.32. The normalized spacial score (nSPS) is 11.2. The van der Waals surface area contributed by atoms with Gasteiger partial charge in [-0.2, -0.15) is 0 Å². The van der Waals surface area contributed by atoms with E-state index in [2.05, 4.69) is 9.97 Å². The molecule has 0 amide bonds. The van der Waals surface area contributed by atoms with E-state index in [9.17, 15) is 14.7 Å². The molecule has 7 nitrogen and oxygen atoms in total. The Labute approximate surface area is 134 Å². The maximum atomic E-state index is 11.7. The van der Waals surface area contributed by atoms with Crippen LogP contribution in [0, 0.1) is 0 Å². The summed E-state index contributed by atoms with van der Waals surface area (Å²) in [6.07, 6.45) is 1.32. The summed E-state index contributed by atoms with van der Waals surface area (Å²) in [6, 6.07) is 9.43. The molecule has 7 heteroatoms. The molecule has 0 radical (unpaired) electrons. The highest BCUT2D eigenvalue weighted by Gasteiger charge is 2.23. The summed E-state index contributed by atoms with van der Waals surface area (Å²) in [4.78, 5) is 29.9. The highest BCUT2D eigenvalue weighted by atomic mass is 16.4. The van der Waals surface area contributed by atoms with Crippen molar-refractivity contribution in [3.63, 3.8) is 0 Å². The molecule has 24 heavy (non-hydrogen) atoms. The standard InChI is InChI=1S/C17H11N3O4/c18-8-1-3-10-12(5-8)24-13-6-9(21)2-4-11(13)14(10)15-16(17(22)23)20-7-19-15/h1-7H,18H2,(H,19,20)(H,22,23). The number of anilines is 1. The number of nitrogens with zero attached hydrogens (tertiary/aromatic N) is 1. The van der Waals surface area contributed by atoms with Gasteiger partial charge in [-0.15, -0.1) is 0 Å². The van der Waals surface area contributed by atoms with Crippen molar-refractivity contribution in [3.8, 4) is 22.6 Å². The highest BCUT2D eigenvalue weighted by Crippen LogP contribution is 2.40. The molecule has 1 aliphatic heterocycles. The Hall–Kier alpha value is -3.61. The van der Waals surface area contributed by atoms with Crippen LogP contribution >= 0.6 is 0 Å². The number of aromatic amines is 1. The number of nitrogens with one attached hydrogen (secondary N) is 1. The molecule has 1 aromatic heterocycles. The molecule has 1 aromatic carbocycles. The van der Waals surface area contributed by atoms with Gasteiger partial charge in [0.2, 0.25) is 0 Å². The summed E-state index contributed by atoms with van der Waals surface area (Å²) in [7, 11) is 0. The fourth-order valence-corrected chi connectivity index (χ4v) is 2.79. The maximum absolute atomic E-state index is 11.7. The molecular formula is C17H11N3O4. The number of fused-ring (bicyclic) bond motifs is 2. The number of rotatable bonds is 2. The monoisotopic (exact) mass is 321 g/mol. The second-order valence-corrected chi connectivity index (χ2v) is 5.32. The van der Waals surface area contributed by atoms with Gasteiger partial charge in [0, 0.05) is 34.3 Å². The maximum Gasteiger partial charge on any atom is 0.354 e. The fraction of sp³-hybridized carbons (Fsp3) is 0. The number of H-pyrrole nitrogens is 1. The van der Waals surface area contributed by atoms with Crippen molar-refractivity contribution >= 4 is 22.6 Å². The van der Waals surface area contributed by atoms with Gasteiger partial charge in [-0.3, -0.25) is 4.79 Å². The van der Waals surface area contributed by atoms with Gasteiger partial charge in [0.05, 0.1) is 6.33 Å². The molecule has 2 aromatic rings. The van der Waals surface area contributed by atoms with Gasteiger partial charge >= 0.3 is 5.97 Å². The lowest BCUT2D eigenvalue weighted by atomic mass is 9.96. The van der Waals surface area contributed by atoms with Crippen LogP contribution in [0.3, 0.4) is 0 Å². The van der Waals surface area contributed by atoms with Crippen LogP contribution in [0.25, 0.3) is 33.6 Å². The molecule has 0 saturated carbocycles. The van der Waals surface area contributed by atoms with Crippen molar-refractivity contribution in [3.05, 3.63) is 58.6 Å². The zero-order valence-electron chi connectivity index (χ0n) is 12.2. The number of imidazole rings is 1. The van der Waals surface area contributed by atoms with Crippen molar-refractivity contribution in [1.82, 2.24) is 9.97 Å². The Morgan fingerprint density at radius 3 is 2.83 bits per heavy atom. The van der Waals surface area contributed by atoms with E-state index in [-0.39, 0.29) is 16.8 Å². The average molecular weight is 321 g/mol. The van der Waals surface area contributed by atoms with Gasteiger partial charge in [0.25, 0.3) is 0 Å². The van der Waals surface area contributed by atoms with E-state index < -0.39 is 5.97 Å². The number of carbonyl (C=O) groups is 1. The van der Waals surface area contributed by atoms with Crippen LogP contribution < -0.4 is 11.2 Å². The van der Waals surface area contributed by atoms with Crippen molar-refractivity contribution in [2.24, 2.45) is 0 Å². The number of nitrogens with two attached hydrogens (primary N) is 1. The minimum Gasteiger partial charge on any atom is -0.477 e. The van der Waals surface area contributed by atoms with Crippen LogP contribution in [0.1, 0.15) is 10.5 Å². The fourth-order valence-electron chi connectivity index (χ4n) is 2.79. The van der Waals surface area contributed by atoms with Crippen LogP contribution in [0.15, 0.2) is 51.9 Å². The van der Waals surface area contributed by atoms with E-state index >= 15 is 0 Å². The number of carboxylic acids is 1. The average Bonchev–Trinajstić information content (AvgIpc) is 3.01. The van der Waals surface area contributed by atoms with E-state index in [1.165, 1.54) is 18.5 Å². The summed E-state index contributed by atoms with van der Waals surface area (Å²) in [5.41, 5.74) is 7.95. The number of nitrogen functional groups attached to an aromatic ring is 1. The summed E-state index contributed by atoms with van der Waals surface area (Å²) < 4.78 is 5.78.